The van der Waals surface area contributed by atoms with Crippen molar-refractivity contribution >= 4 is 23.1 Å². The Labute approximate surface area is 210 Å². The molecule has 0 spiro atoms. The maximum absolute atomic E-state index is 13.2. The highest BCUT2D eigenvalue weighted by molar-refractivity contribution is 6.51. The van der Waals surface area contributed by atoms with Crippen molar-refractivity contribution in [1.82, 2.24) is 4.57 Å². The van der Waals surface area contributed by atoms with Crippen molar-refractivity contribution < 1.29 is 32.6 Å². The number of aliphatic hydroxyl groups is 1. The molecule has 4 rings (SSSR count). The molecule has 1 atom stereocenters. The number of hydrogen-bond acceptors (Lipinski definition) is 5. The van der Waals surface area contributed by atoms with Gasteiger partial charge in [0.15, 0.2) is 0 Å². The number of alkyl halides is 3. The van der Waals surface area contributed by atoms with Gasteiger partial charge >= 0.3 is 6.36 Å². The van der Waals surface area contributed by atoms with Crippen LogP contribution < -0.4 is 15.2 Å². The second-order valence-corrected chi connectivity index (χ2v) is 8.87. The van der Waals surface area contributed by atoms with E-state index in [0.717, 1.165) is 22.6 Å². The van der Waals surface area contributed by atoms with E-state index in [-0.39, 0.29) is 28.3 Å². The fourth-order valence-corrected chi connectivity index (χ4v) is 4.20. The first-order chi connectivity index (χ1) is 17.4. The number of amides is 1. The van der Waals surface area contributed by atoms with Gasteiger partial charge in [0.1, 0.15) is 17.2 Å². The summed E-state index contributed by atoms with van der Waals surface area (Å²) in [6.45, 7) is 3.99. The van der Waals surface area contributed by atoms with Crippen LogP contribution in [0.1, 0.15) is 42.5 Å². The lowest BCUT2D eigenvalue weighted by molar-refractivity contribution is -0.274. The third-order valence-corrected chi connectivity index (χ3v) is 6.09. The Morgan fingerprint density at radius 2 is 1.59 bits per heavy atom. The summed E-state index contributed by atoms with van der Waals surface area (Å²) >= 11 is 0. The van der Waals surface area contributed by atoms with E-state index < -0.39 is 41.2 Å². The maximum atomic E-state index is 13.2. The van der Waals surface area contributed by atoms with Crippen molar-refractivity contribution in [2.75, 3.05) is 4.90 Å². The Balaban J connectivity index is 1.90. The molecule has 1 amide bonds. The summed E-state index contributed by atoms with van der Waals surface area (Å²) in [6, 6.07) is 12.9. The molecular formula is C27H23F3N2O5. The van der Waals surface area contributed by atoms with Gasteiger partial charge in [-0.3, -0.25) is 19.3 Å². The van der Waals surface area contributed by atoms with Crippen LogP contribution in [0, 0.1) is 0 Å². The lowest BCUT2D eigenvalue weighted by Gasteiger charge is -2.25. The highest BCUT2D eigenvalue weighted by Crippen LogP contribution is 2.42. The topological polar surface area (TPSA) is 88.8 Å². The van der Waals surface area contributed by atoms with E-state index in [4.69, 9.17) is 0 Å². The minimum Gasteiger partial charge on any atom is -0.507 e. The maximum Gasteiger partial charge on any atom is 0.573 e. The predicted molar refractivity (Wildman–Crippen MR) is 130 cm³/mol. The number of rotatable bonds is 5. The van der Waals surface area contributed by atoms with Crippen molar-refractivity contribution in [3.05, 3.63) is 99.5 Å². The zero-order valence-corrected chi connectivity index (χ0v) is 20.1. The third-order valence-electron chi connectivity index (χ3n) is 6.09. The lowest BCUT2D eigenvalue weighted by Crippen LogP contribution is -2.35. The quantitative estimate of drug-likeness (QED) is 0.294. The number of Topliss-reactive ketones (excluding diaryl/α,β-unsaturated/α-hetero) is 1. The molecule has 7 nitrogen and oxygen atoms in total. The first-order valence-electron chi connectivity index (χ1n) is 11.3. The Kier molecular flexibility index (Phi) is 6.68. The number of anilines is 1. The number of halogens is 3. The Hall–Kier alpha value is -4.34. The van der Waals surface area contributed by atoms with Gasteiger partial charge in [-0.1, -0.05) is 50.2 Å². The van der Waals surface area contributed by atoms with Gasteiger partial charge in [-0.05, 0) is 41.3 Å². The van der Waals surface area contributed by atoms with Crippen molar-refractivity contribution in [1.29, 1.82) is 0 Å². The van der Waals surface area contributed by atoms with Crippen LogP contribution in [-0.2, 0) is 16.6 Å². The summed E-state index contributed by atoms with van der Waals surface area (Å²) in [4.78, 5) is 40.3. The van der Waals surface area contributed by atoms with Gasteiger partial charge in [-0.15, -0.1) is 13.2 Å². The van der Waals surface area contributed by atoms with Gasteiger partial charge in [-0.2, -0.15) is 0 Å². The van der Waals surface area contributed by atoms with Gasteiger partial charge in [0.2, 0.25) is 0 Å². The first kappa shape index (κ1) is 25.7. The number of hydrogen-bond donors (Lipinski definition) is 1. The van der Waals surface area contributed by atoms with Gasteiger partial charge in [0, 0.05) is 18.8 Å². The van der Waals surface area contributed by atoms with E-state index in [0.29, 0.717) is 0 Å². The molecule has 1 saturated heterocycles. The van der Waals surface area contributed by atoms with E-state index in [9.17, 15) is 32.7 Å². The van der Waals surface area contributed by atoms with Crippen LogP contribution in [0.15, 0.2) is 77.2 Å². The molecule has 1 N–H and O–H groups in total. The second kappa shape index (κ2) is 9.61. The molecule has 2 aromatic carbocycles. The zero-order chi connectivity index (χ0) is 27.1. The molecule has 0 aliphatic carbocycles. The number of pyridine rings is 1. The summed E-state index contributed by atoms with van der Waals surface area (Å²) in [7, 11) is 1.47. The van der Waals surface area contributed by atoms with Gasteiger partial charge in [0.05, 0.1) is 11.6 Å². The Bertz CT molecular complexity index is 1440. The average Bonchev–Trinajstić information content (AvgIpc) is 3.10. The Morgan fingerprint density at radius 1 is 0.973 bits per heavy atom. The van der Waals surface area contributed by atoms with E-state index >= 15 is 0 Å². The average molecular weight is 512 g/mol. The van der Waals surface area contributed by atoms with Gasteiger partial charge in [0.25, 0.3) is 17.2 Å². The molecule has 1 aliphatic heterocycles. The molecule has 1 aliphatic rings. The highest BCUT2D eigenvalue weighted by Gasteiger charge is 2.48. The number of ketones is 1. The number of benzene rings is 2. The van der Waals surface area contributed by atoms with Crippen LogP contribution in [0.3, 0.4) is 0 Å². The SMILES string of the molecule is CC(C)c1ccc(C(O)=C2C(=O)C(=O)N(c3cccn(C)c3=O)C2c2ccc(OC(F)(F)F)cc2)cc1. The summed E-state index contributed by atoms with van der Waals surface area (Å²) in [5.41, 5.74) is 0.458. The van der Waals surface area contributed by atoms with Gasteiger partial charge in [-0.25, -0.2) is 0 Å². The van der Waals surface area contributed by atoms with Crippen molar-refractivity contribution in [2.45, 2.75) is 32.2 Å². The normalized spacial score (nSPS) is 17.5. The number of ether oxygens (including phenoxy) is 1. The zero-order valence-electron chi connectivity index (χ0n) is 20.1. The van der Waals surface area contributed by atoms with Crippen LogP contribution in [0.4, 0.5) is 18.9 Å². The molecule has 192 valence electrons. The molecule has 0 bridgehead atoms. The molecule has 37 heavy (non-hydrogen) atoms. The molecule has 2 heterocycles. The van der Waals surface area contributed by atoms with Gasteiger partial charge < -0.3 is 14.4 Å². The smallest absolute Gasteiger partial charge is 0.507 e. The van der Waals surface area contributed by atoms with Crippen LogP contribution >= 0.6 is 0 Å². The lowest BCUT2D eigenvalue weighted by atomic mass is 9.94. The number of aryl methyl sites for hydroxylation is 1. The molecule has 1 fully saturated rings. The van der Waals surface area contributed by atoms with Crippen molar-refractivity contribution in [2.24, 2.45) is 7.05 Å². The van der Waals surface area contributed by atoms with E-state index in [1.807, 2.05) is 13.8 Å². The van der Waals surface area contributed by atoms with Crippen LogP contribution in [-0.4, -0.2) is 27.7 Å². The number of nitrogens with zero attached hydrogens (tertiary/aromatic N) is 2. The second-order valence-electron chi connectivity index (χ2n) is 8.87. The predicted octanol–water partition coefficient (Wildman–Crippen LogP) is 5.03. The molecule has 1 aromatic heterocycles. The minimum atomic E-state index is -4.91. The monoisotopic (exact) mass is 512 g/mol. The van der Waals surface area contributed by atoms with Crippen LogP contribution in [0.25, 0.3) is 5.76 Å². The molecule has 1 unspecified atom stereocenters. The van der Waals surface area contributed by atoms with Crippen molar-refractivity contribution in [3.63, 3.8) is 0 Å². The molecule has 0 saturated carbocycles. The fourth-order valence-electron chi connectivity index (χ4n) is 4.20. The largest absolute Gasteiger partial charge is 0.573 e. The summed E-state index contributed by atoms with van der Waals surface area (Å²) in [5, 5.41) is 11.2. The summed E-state index contributed by atoms with van der Waals surface area (Å²) < 4.78 is 43.1. The third kappa shape index (κ3) is 5.00. The number of carbonyl (C=O) groups is 2. The van der Waals surface area contributed by atoms with Crippen LogP contribution in [0.5, 0.6) is 5.75 Å². The molecule has 3 aromatic rings. The number of aromatic nitrogens is 1. The van der Waals surface area contributed by atoms with Crippen LogP contribution in [0.2, 0.25) is 0 Å². The van der Waals surface area contributed by atoms with Crippen molar-refractivity contribution in [3.8, 4) is 5.75 Å². The summed E-state index contributed by atoms with van der Waals surface area (Å²) in [5.74, 6) is -2.84. The van der Waals surface area contributed by atoms with E-state index in [1.165, 1.54) is 42.1 Å². The highest BCUT2D eigenvalue weighted by atomic mass is 19.4. The fraction of sp³-hybridized carbons (Fsp3) is 0.222. The Morgan fingerprint density at radius 3 is 2.16 bits per heavy atom. The number of carbonyl (C=O) groups excluding carboxylic acids is 2. The van der Waals surface area contributed by atoms with E-state index in [2.05, 4.69) is 4.74 Å². The molecule has 10 heteroatoms. The summed E-state index contributed by atoms with van der Waals surface area (Å²) in [6.07, 6.45) is -3.44. The first-order valence-corrected chi connectivity index (χ1v) is 11.3. The minimum absolute atomic E-state index is 0.123. The standard InChI is InChI=1S/C27H23F3N2O5/c1-15(2)16-6-8-18(9-7-16)23(33)21-22(17-10-12-19(13-11-17)37-27(28,29)30)32(26(36)24(21)34)20-5-4-14-31(3)25(20)35/h4-15,22,33H,1-3H3. The molecule has 0 radical (unpaired) electrons. The number of aliphatic hydroxyl groups excluding tert-OH is 1. The molecular weight excluding hydrogens is 489 g/mol. The van der Waals surface area contributed by atoms with E-state index in [1.54, 1.807) is 24.3 Å².